The highest BCUT2D eigenvalue weighted by molar-refractivity contribution is 6.10. The first-order valence-corrected chi connectivity index (χ1v) is 6.24. The molecule has 21 heavy (non-hydrogen) atoms. The molecule has 0 N–H and O–H groups in total. The SMILES string of the molecule is CN1CCC[C@@H](C(=O)c2ccnc(C(F)(F)F)c2F)C1=O. The topological polar surface area (TPSA) is 50.3 Å². The minimum atomic E-state index is -4.99. The van der Waals surface area contributed by atoms with E-state index in [4.69, 9.17) is 0 Å². The molecule has 4 nitrogen and oxygen atoms in total. The van der Waals surface area contributed by atoms with Crippen LogP contribution in [0, 0.1) is 11.7 Å². The van der Waals surface area contributed by atoms with Gasteiger partial charge in [0.15, 0.2) is 17.3 Å². The molecule has 1 aromatic rings. The smallest absolute Gasteiger partial charge is 0.345 e. The third-order valence-electron chi connectivity index (χ3n) is 3.40. The Morgan fingerprint density at radius 3 is 2.71 bits per heavy atom. The highest BCUT2D eigenvalue weighted by Gasteiger charge is 2.40. The normalized spacial score (nSPS) is 19.8. The fourth-order valence-corrected chi connectivity index (χ4v) is 2.29. The number of carbonyl (C=O) groups excluding carboxylic acids is 2. The van der Waals surface area contributed by atoms with Gasteiger partial charge in [0.1, 0.15) is 5.92 Å². The van der Waals surface area contributed by atoms with Crippen LogP contribution in [0.2, 0.25) is 0 Å². The van der Waals surface area contributed by atoms with E-state index in [1.807, 2.05) is 0 Å². The summed E-state index contributed by atoms with van der Waals surface area (Å²) in [5, 5.41) is 0. The number of hydrogen-bond donors (Lipinski definition) is 0. The van der Waals surface area contributed by atoms with Gasteiger partial charge in [0.2, 0.25) is 5.91 Å². The highest BCUT2D eigenvalue weighted by Crippen LogP contribution is 2.32. The van der Waals surface area contributed by atoms with Gasteiger partial charge < -0.3 is 4.90 Å². The fourth-order valence-electron chi connectivity index (χ4n) is 2.29. The van der Waals surface area contributed by atoms with Crippen molar-refractivity contribution in [2.75, 3.05) is 13.6 Å². The molecule has 2 heterocycles. The Morgan fingerprint density at radius 2 is 2.10 bits per heavy atom. The quantitative estimate of drug-likeness (QED) is 0.478. The van der Waals surface area contributed by atoms with Gasteiger partial charge in [-0.25, -0.2) is 9.37 Å². The van der Waals surface area contributed by atoms with E-state index >= 15 is 0 Å². The van der Waals surface area contributed by atoms with Crippen LogP contribution in [-0.2, 0) is 11.0 Å². The zero-order valence-electron chi connectivity index (χ0n) is 11.1. The van der Waals surface area contributed by atoms with E-state index in [1.54, 1.807) is 0 Å². The number of Topliss-reactive ketones (excluding diaryl/α,β-unsaturated/α-hetero) is 1. The molecule has 1 saturated heterocycles. The number of carbonyl (C=O) groups is 2. The predicted molar refractivity (Wildman–Crippen MR) is 63.9 cm³/mol. The van der Waals surface area contributed by atoms with Crippen molar-refractivity contribution >= 4 is 11.7 Å². The van der Waals surface area contributed by atoms with Gasteiger partial charge in [0.05, 0.1) is 5.56 Å². The van der Waals surface area contributed by atoms with Crippen molar-refractivity contribution in [2.24, 2.45) is 5.92 Å². The number of aromatic nitrogens is 1. The number of amides is 1. The molecule has 0 bridgehead atoms. The second-order valence-electron chi connectivity index (χ2n) is 4.84. The molecule has 1 fully saturated rings. The number of rotatable bonds is 2. The first-order valence-electron chi connectivity index (χ1n) is 6.24. The highest BCUT2D eigenvalue weighted by atomic mass is 19.4. The van der Waals surface area contributed by atoms with Crippen molar-refractivity contribution in [3.8, 4) is 0 Å². The number of piperidine rings is 1. The van der Waals surface area contributed by atoms with Gasteiger partial charge in [0, 0.05) is 19.8 Å². The van der Waals surface area contributed by atoms with Crippen LogP contribution in [0.1, 0.15) is 28.9 Å². The maximum atomic E-state index is 13.9. The first kappa shape index (κ1) is 15.4. The lowest BCUT2D eigenvalue weighted by atomic mass is 9.89. The number of alkyl halides is 3. The number of hydrogen-bond acceptors (Lipinski definition) is 3. The van der Waals surface area contributed by atoms with Crippen molar-refractivity contribution in [1.29, 1.82) is 0 Å². The minimum Gasteiger partial charge on any atom is -0.345 e. The van der Waals surface area contributed by atoms with Crippen molar-refractivity contribution in [3.05, 3.63) is 29.3 Å². The molecule has 1 aliphatic rings. The summed E-state index contributed by atoms with van der Waals surface area (Å²) < 4.78 is 51.6. The Kier molecular flexibility index (Phi) is 3.97. The maximum absolute atomic E-state index is 13.9. The Morgan fingerprint density at radius 1 is 1.43 bits per heavy atom. The molecular weight excluding hydrogens is 292 g/mol. The zero-order chi connectivity index (χ0) is 15.8. The van der Waals surface area contributed by atoms with Crippen LogP contribution in [0.5, 0.6) is 0 Å². The molecule has 2 rings (SSSR count). The lowest BCUT2D eigenvalue weighted by molar-refractivity contribution is -0.143. The molecule has 1 aliphatic heterocycles. The van der Waals surface area contributed by atoms with Crippen LogP contribution < -0.4 is 0 Å². The molecule has 0 saturated carbocycles. The van der Waals surface area contributed by atoms with Crippen LogP contribution >= 0.6 is 0 Å². The van der Waals surface area contributed by atoms with Gasteiger partial charge in [-0.2, -0.15) is 13.2 Å². The number of likely N-dealkylation sites (tertiary alicyclic amines) is 1. The summed E-state index contributed by atoms with van der Waals surface area (Å²) >= 11 is 0. The molecule has 1 amide bonds. The average Bonchev–Trinajstić information content (AvgIpc) is 2.40. The summed E-state index contributed by atoms with van der Waals surface area (Å²) in [5.41, 5.74) is -2.49. The summed E-state index contributed by atoms with van der Waals surface area (Å²) in [4.78, 5) is 28.3. The predicted octanol–water partition coefficient (Wildman–Crippen LogP) is 2.29. The average molecular weight is 304 g/mol. The van der Waals surface area contributed by atoms with Crippen molar-refractivity contribution in [3.63, 3.8) is 0 Å². The van der Waals surface area contributed by atoms with Crippen LogP contribution in [0.4, 0.5) is 17.6 Å². The monoisotopic (exact) mass is 304 g/mol. The van der Waals surface area contributed by atoms with E-state index in [2.05, 4.69) is 4.98 Å². The summed E-state index contributed by atoms with van der Waals surface area (Å²) in [6, 6.07) is 0.870. The van der Waals surface area contributed by atoms with Crippen molar-refractivity contribution in [1.82, 2.24) is 9.88 Å². The second kappa shape index (κ2) is 5.42. The third kappa shape index (κ3) is 2.88. The Balaban J connectivity index is 2.38. The maximum Gasteiger partial charge on any atom is 0.436 e. The largest absolute Gasteiger partial charge is 0.436 e. The van der Waals surface area contributed by atoms with Gasteiger partial charge in [-0.3, -0.25) is 9.59 Å². The summed E-state index contributed by atoms with van der Waals surface area (Å²) in [5.74, 6) is -4.30. The number of pyridine rings is 1. The van der Waals surface area contributed by atoms with Crippen LogP contribution in [0.3, 0.4) is 0 Å². The van der Waals surface area contributed by atoms with E-state index in [1.165, 1.54) is 11.9 Å². The standard InChI is InChI=1S/C13H12F4N2O2/c1-19-6-2-3-8(12(19)21)10(20)7-4-5-18-11(9(7)14)13(15,16)17/h4-5,8H,2-3,6H2,1H3/t8-/m0/s1. The van der Waals surface area contributed by atoms with Gasteiger partial charge in [-0.1, -0.05) is 0 Å². The first-order chi connectivity index (χ1) is 9.73. The zero-order valence-corrected chi connectivity index (χ0v) is 11.1. The lowest BCUT2D eigenvalue weighted by Crippen LogP contribution is -2.42. The van der Waals surface area contributed by atoms with Gasteiger partial charge >= 0.3 is 6.18 Å². The van der Waals surface area contributed by atoms with Gasteiger partial charge in [-0.05, 0) is 18.9 Å². The molecule has 1 atom stereocenters. The van der Waals surface area contributed by atoms with Gasteiger partial charge in [-0.15, -0.1) is 0 Å². The molecule has 0 unspecified atom stereocenters. The Labute approximate surface area is 117 Å². The van der Waals surface area contributed by atoms with E-state index < -0.39 is 40.9 Å². The van der Waals surface area contributed by atoms with E-state index in [0.717, 1.165) is 12.3 Å². The summed E-state index contributed by atoms with van der Waals surface area (Å²) in [6.07, 6.45) is -3.54. The second-order valence-corrected chi connectivity index (χ2v) is 4.84. The van der Waals surface area contributed by atoms with Crippen molar-refractivity contribution in [2.45, 2.75) is 19.0 Å². The molecular formula is C13H12F4N2O2. The molecule has 1 aromatic heterocycles. The molecule has 0 spiro atoms. The Bertz CT molecular complexity index is 586. The summed E-state index contributed by atoms with van der Waals surface area (Å²) in [7, 11) is 1.49. The lowest BCUT2D eigenvalue weighted by Gasteiger charge is -2.28. The molecule has 0 radical (unpaired) electrons. The third-order valence-corrected chi connectivity index (χ3v) is 3.40. The Hall–Kier alpha value is -1.99. The molecule has 8 heteroatoms. The molecule has 0 aliphatic carbocycles. The molecule has 114 valence electrons. The van der Waals surface area contributed by atoms with Crippen LogP contribution in [0.15, 0.2) is 12.3 Å². The summed E-state index contributed by atoms with van der Waals surface area (Å²) in [6.45, 7) is 0.468. The minimum absolute atomic E-state index is 0.200. The van der Waals surface area contributed by atoms with Crippen LogP contribution in [-0.4, -0.2) is 35.2 Å². The van der Waals surface area contributed by atoms with Crippen molar-refractivity contribution < 1.29 is 27.2 Å². The molecule has 0 aromatic carbocycles. The number of ketones is 1. The van der Waals surface area contributed by atoms with E-state index in [9.17, 15) is 27.2 Å². The van der Waals surface area contributed by atoms with E-state index in [-0.39, 0.29) is 6.42 Å². The number of halogens is 4. The van der Waals surface area contributed by atoms with Gasteiger partial charge in [0.25, 0.3) is 0 Å². The fraction of sp³-hybridized carbons (Fsp3) is 0.462. The van der Waals surface area contributed by atoms with Crippen LogP contribution in [0.25, 0.3) is 0 Å². The van der Waals surface area contributed by atoms with E-state index in [0.29, 0.717) is 13.0 Å². The number of nitrogens with zero attached hydrogens (tertiary/aromatic N) is 2.